The predicted octanol–water partition coefficient (Wildman–Crippen LogP) is 4.51. The van der Waals surface area contributed by atoms with Crippen molar-refractivity contribution in [3.8, 4) is 0 Å². The molecule has 1 fully saturated rings. The summed E-state index contributed by atoms with van der Waals surface area (Å²) in [6.45, 7) is 0. The minimum atomic E-state index is -0.282. The number of rotatable bonds is 3. The highest BCUT2D eigenvalue weighted by Crippen LogP contribution is 2.54. The summed E-state index contributed by atoms with van der Waals surface area (Å²) >= 11 is 3.52. The Morgan fingerprint density at radius 1 is 1.10 bits per heavy atom. The second kappa shape index (κ2) is 5.41. The molecule has 0 spiro atoms. The lowest BCUT2D eigenvalue weighted by Gasteiger charge is -2.04. The molecule has 3 rings (SSSR count). The molecule has 1 aliphatic carbocycles. The van der Waals surface area contributed by atoms with Crippen LogP contribution in [0.25, 0.3) is 0 Å². The summed E-state index contributed by atoms with van der Waals surface area (Å²) in [5.74, 6) is 0.878. The predicted molar refractivity (Wildman–Crippen MR) is 82.0 cm³/mol. The van der Waals surface area contributed by atoms with Gasteiger partial charge < -0.3 is 4.74 Å². The van der Waals surface area contributed by atoms with Gasteiger partial charge in [-0.25, -0.2) is 4.79 Å². The second-order valence-corrected chi connectivity index (χ2v) is 6.03. The zero-order chi connectivity index (χ0) is 14.1. The number of methoxy groups -OCH3 is 1. The normalized spacial score (nSPS) is 20.5. The molecule has 1 aliphatic rings. The molecule has 1 saturated carbocycles. The fraction of sp³-hybridized carbons (Fsp3) is 0.235. The maximum absolute atomic E-state index is 11.4. The lowest BCUT2D eigenvalue weighted by Crippen LogP contribution is -2.00. The zero-order valence-electron chi connectivity index (χ0n) is 11.2. The monoisotopic (exact) mass is 330 g/mol. The van der Waals surface area contributed by atoms with Gasteiger partial charge in [0.15, 0.2) is 0 Å². The van der Waals surface area contributed by atoms with Crippen LogP contribution >= 0.6 is 15.9 Å². The summed E-state index contributed by atoms with van der Waals surface area (Å²) in [5.41, 5.74) is 3.28. The van der Waals surface area contributed by atoms with Gasteiger partial charge in [0, 0.05) is 4.47 Å². The number of hydrogen-bond donors (Lipinski definition) is 0. The van der Waals surface area contributed by atoms with Crippen LogP contribution in [-0.2, 0) is 4.74 Å². The number of carbonyl (C=O) groups excluding carboxylic acids is 1. The number of benzene rings is 2. The smallest absolute Gasteiger partial charge is 0.337 e. The molecular formula is C17H15BrO2. The molecule has 0 aromatic heterocycles. The van der Waals surface area contributed by atoms with E-state index in [0.717, 1.165) is 4.47 Å². The van der Waals surface area contributed by atoms with Gasteiger partial charge in [-0.15, -0.1) is 0 Å². The number of ether oxygens (including phenoxy) is 1. The minimum absolute atomic E-state index is 0.282. The number of hydrogen-bond acceptors (Lipinski definition) is 2. The molecule has 2 aromatic carbocycles. The second-order valence-electron chi connectivity index (χ2n) is 5.12. The molecule has 20 heavy (non-hydrogen) atoms. The highest BCUT2D eigenvalue weighted by molar-refractivity contribution is 9.10. The number of halogens is 1. The molecule has 102 valence electrons. The SMILES string of the molecule is COC(=O)c1ccc([C@H]2CC2c2cccc(Br)c2)cc1. The Hall–Kier alpha value is -1.61. The fourth-order valence-corrected chi connectivity index (χ4v) is 3.07. The van der Waals surface area contributed by atoms with Crippen molar-refractivity contribution in [3.05, 3.63) is 69.7 Å². The Morgan fingerprint density at radius 3 is 2.45 bits per heavy atom. The first-order chi connectivity index (χ1) is 9.69. The van der Waals surface area contributed by atoms with Crippen molar-refractivity contribution in [1.29, 1.82) is 0 Å². The van der Waals surface area contributed by atoms with Crippen LogP contribution in [0.1, 0.15) is 39.7 Å². The number of carbonyl (C=O) groups is 1. The molecule has 2 aromatic rings. The largest absolute Gasteiger partial charge is 0.465 e. The summed E-state index contributed by atoms with van der Waals surface area (Å²) in [6, 6.07) is 16.3. The average Bonchev–Trinajstić information content (AvgIpc) is 3.27. The van der Waals surface area contributed by atoms with Crippen LogP contribution in [0.2, 0.25) is 0 Å². The first kappa shape index (κ1) is 13.4. The van der Waals surface area contributed by atoms with Gasteiger partial charge in [0.05, 0.1) is 12.7 Å². The summed E-state index contributed by atoms with van der Waals surface area (Å²) < 4.78 is 5.84. The van der Waals surface area contributed by atoms with Crippen LogP contribution in [0.15, 0.2) is 53.0 Å². The van der Waals surface area contributed by atoms with Crippen molar-refractivity contribution in [3.63, 3.8) is 0 Å². The summed E-state index contributed by atoms with van der Waals surface area (Å²) in [4.78, 5) is 11.4. The third-order valence-electron chi connectivity index (χ3n) is 3.83. The van der Waals surface area contributed by atoms with Crippen molar-refractivity contribution in [2.45, 2.75) is 18.3 Å². The Balaban J connectivity index is 1.75. The van der Waals surface area contributed by atoms with Crippen LogP contribution < -0.4 is 0 Å². The Kier molecular flexibility index (Phi) is 3.62. The molecule has 0 bridgehead atoms. The van der Waals surface area contributed by atoms with Gasteiger partial charge in [-0.1, -0.05) is 40.2 Å². The molecule has 0 saturated heterocycles. The number of esters is 1. The van der Waals surface area contributed by atoms with Gasteiger partial charge in [-0.3, -0.25) is 0 Å². The van der Waals surface area contributed by atoms with Gasteiger partial charge >= 0.3 is 5.97 Å². The van der Waals surface area contributed by atoms with E-state index in [2.05, 4.69) is 34.1 Å². The maximum atomic E-state index is 11.4. The van der Waals surface area contributed by atoms with Gasteiger partial charge in [-0.2, -0.15) is 0 Å². The van der Waals surface area contributed by atoms with E-state index < -0.39 is 0 Å². The third kappa shape index (κ3) is 2.63. The summed E-state index contributed by atoms with van der Waals surface area (Å²) in [6.07, 6.45) is 1.17. The van der Waals surface area contributed by atoms with Crippen molar-refractivity contribution < 1.29 is 9.53 Å². The molecule has 0 radical (unpaired) electrons. The van der Waals surface area contributed by atoms with Crippen LogP contribution in [0.3, 0.4) is 0 Å². The first-order valence-electron chi connectivity index (χ1n) is 6.63. The van der Waals surface area contributed by atoms with E-state index in [0.29, 0.717) is 17.4 Å². The molecule has 0 heterocycles. The summed E-state index contributed by atoms with van der Waals surface area (Å²) in [7, 11) is 1.40. The van der Waals surface area contributed by atoms with Crippen molar-refractivity contribution in [2.24, 2.45) is 0 Å². The minimum Gasteiger partial charge on any atom is -0.465 e. The standard InChI is InChI=1S/C17H15BrO2/c1-20-17(19)12-7-5-11(6-8-12)15-10-16(15)13-3-2-4-14(18)9-13/h2-9,15-16H,10H2,1H3/t15-,16?/m1/s1. The molecule has 0 amide bonds. The fourth-order valence-electron chi connectivity index (χ4n) is 2.65. The summed E-state index contributed by atoms with van der Waals surface area (Å²) in [5, 5.41) is 0. The lowest BCUT2D eigenvalue weighted by molar-refractivity contribution is 0.0600. The van der Waals surface area contributed by atoms with E-state index in [4.69, 9.17) is 4.74 Å². The van der Waals surface area contributed by atoms with Gasteiger partial charge in [0.2, 0.25) is 0 Å². The third-order valence-corrected chi connectivity index (χ3v) is 4.32. The van der Waals surface area contributed by atoms with Crippen LogP contribution in [0, 0.1) is 0 Å². The lowest BCUT2D eigenvalue weighted by atomic mass is 10.0. The van der Waals surface area contributed by atoms with E-state index >= 15 is 0 Å². The highest BCUT2D eigenvalue weighted by Gasteiger charge is 2.39. The molecular weight excluding hydrogens is 316 g/mol. The molecule has 1 unspecified atom stereocenters. The van der Waals surface area contributed by atoms with E-state index in [9.17, 15) is 4.79 Å². The molecule has 2 nitrogen and oxygen atoms in total. The van der Waals surface area contributed by atoms with Crippen molar-refractivity contribution in [2.75, 3.05) is 7.11 Å². The molecule has 3 heteroatoms. The topological polar surface area (TPSA) is 26.3 Å². The Morgan fingerprint density at radius 2 is 1.80 bits per heavy atom. The first-order valence-corrected chi connectivity index (χ1v) is 7.42. The molecule has 0 N–H and O–H groups in total. The van der Waals surface area contributed by atoms with Gasteiger partial charge in [0.25, 0.3) is 0 Å². The van der Waals surface area contributed by atoms with Crippen molar-refractivity contribution >= 4 is 21.9 Å². The Labute approximate surface area is 126 Å². The average molecular weight is 331 g/mol. The zero-order valence-corrected chi connectivity index (χ0v) is 12.8. The molecule has 2 atom stereocenters. The van der Waals surface area contributed by atoms with E-state index in [1.807, 2.05) is 30.3 Å². The van der Waals surface area contributed by atoms with Crippen LogP contribution in [0.5, 0.6) is 0 Å². The van der Waals surface area contributed by atoms with Gasteiger partial charge in [0.1, 0.15) is 0 Å². The van der Waals surface area contributed by atoms with Crippen molar-refractivity contribution in [1.82, 2.24) is 0 Å². The molecule has 0 aliphatic heterocycles. The van der Waals surface area contributed by atoms with E-state index in [1.165, 1.54) is 24.7 Å². The van der Waals surface area contributed by atoms with Gasteiger partial charge in [-0.05, 0) is 53.6 Å². The van der Waals surface area contributed by atoms with Crippen LogP contribution in [0.4, 0.5) is 0 Å². The Bertz CT molecular complexity index is 634. The van der Waals surface area contributed by atoms with E-state index in [1.54, 1.807) is 0 Å². The quantitative estimate of drug-likeness (QED) is 0.774. The van der Waals surface area contributed by atoms with Crippen LogP contribution in [-0.4, -0.2) is 13.1 Å². The highest BCUT2D eigenvalue weighted by atomic mass is 79.9. The van der Waals surface area contributed by atoms with E-state index in [-0.39, 0.29) is 5.97 Å². The maximum Gasteiger partial charge on any atom is 0.337 e.